The van der Waals surface area contributed by atoms with E-state index in [1.54, 1.807) is 0 Å². The van der Waals surface area contributed by atoms with Crippen molar-refractivity contribution in [2.24, 2.45) is 0 Å². The van der Waals surface area contributed by atoms with Crippen LogP contribution in [0.4, 0.5) is 0 Å². The first kappa shape index (κ1) is 28.3. The second-order valence-corrected chi connectivity index (χ2v) is 13.6. The molecule has 7 aromatic carbocycles. The fourth-order valence-electron chi connectivity index (χ4n) is 8.40. The molecule has 12 rings (SSSR count). The second-order valence-electron chi connectivity index (χ2n) is 13.6. The summed E-state index contributed by atoms with van der Waals surface area (Å²) in [4.78, 5) is 10.5. The summed E-state index contributed by atoms with van der Waals surface area (Å²) in [7, 11) is 0. The van der Waals surface area contributed by atoms with E-state index in [1.165, 1.54) is 0 Å². The van der Waals surface area contributed by atoms with E-state index in [0.29, 0.717) is 0 Å². The van der Waals surface area contributed by atoms with Crippen LogP contribution in [0.25, 0.3) is 94.9 Å². The van der Waals surface area contributed by atoms with E-state index in [1.807, 2.05) is 0 Å². The van der Waals surface area contributed by atoms with Gasteiger partial charge in [-0.05, 0) is 90.0 Å². The molecule has 53 heavy (non-hydrogen) atoms. The zero-order chi connectivity index (χ0) is 34.6. The van der Waals surface area contributed by atoms with Crippen molar-refractivity contribution in [3.8, 4) is 28.2 Å². The molecule has 0 bridgehead atoms. The van der Waals surface area contributed by atoms with Crippen LogP contribution in [0, 0.1) is 0 Å². The summed E-state index contributed by atoms with van der Waals surface area (Å²) in [6.07, 6.45) is 0. The van der Waals surface area contributed by atoms with Gasteiger partial charge in [-0.3, -0.25) is 22.5 Å². The summed E-state index contributed by atoms with van der Waals surface area (Å²) in [5, 5.41) is 1.13. The van der Waals surface area contributed by atoms with Gasteiger partial charge in [0.05, 0.1) is 38.6 Å². The molecule has 5 heterocycles. The maximum absolute atomic E-state index is 5.43. The van der Waals surface area contributed by atoms with E-state index < -0.39 is 0 Å². The quantitative estimate of drug-likeness (QED) is 0.186. The maximum Gasteiger partial charge on any atom is 0.221 e. The molecule has 0 spiro atoms. The van der Waals surface area contributed by atoms with Crippen LogP contribution in [-0.4, -0.2) is 32.5 Å². The Bertz CT molecular complexity index is 3380. The van der Waals surface area contributed by atoms with E-state index in [2.05, 4.69) is 198 Å². The van der Waals surface area contributed by atoms with Crippen LogP contribution in [0.2, 0.25) is 0 Å². The van der Waals surface area contributed by atoms with Gasteiger partial charge < -0.3 is 0 Å². The average molecular weight is 680 g/mol. The smallest absolute Gasteiger partial charge is 0.221 e. The highest BCUT2D eigenvalue weighted by Gasteiger charge is 2.24. The lowest BCUT2D eigenvalue weighted by Crippen LogP contribution is -1.97. The number of rotatable bonds is 4. The lowest BCUT2D eigenvalue weighted by atomic mass is 10.0. The summed E-state index contributed by atoms with van der Waals surface area (Å²) in [6.45, 7) is 0. The van der Waals surface area contributed by atoms with Gasteiger partial charge in [0, 0.05) is 22.4 Å². The van der Waals surface area contributed by atoms with E-state index in [-0.39, 0.29) is 0 Å². The van der Waals surface area contributed by atoms with Crippen molar-refractivity contribution >= 4 is 66.7 Å². The molecule has 0 radical (unpaired) electrons. The molecule has 7 nitrogen and oxygen atoms in total. The monoisotopic (exact) mass is 679 g/mol. The third kappa shape index (κ3) is 3.88. The Morgan fingerprint density at radius 1 is 0.340 bits per heavy atom. The van der Waals surface area contributed by atoms with E-state index in [0.717, 1.165) is 94.9 Å². The lowest BCUT2D eigenvalue weighted by molar-refractivity contribution is 1.08. The van der Waals surface area contributed by atoms with Crippen LogP contribution >= 0.6 is 0 Å². The molecule has 0 aliphatic heterocycles. The minimum Gasteiger partial charge on any atom is -0.294 e. The summed E-state index contributed by atoms with van der Waals surface area (Å²) in [5.74, 6) is 1.78. The first-order valence-electron chi connectivity index (χ1n) is 17.9. The van der Waals surface area contributed by atoms with Crippen molar-refractivity contribution in [2.75, 3.05) is 0 Å². The number of hydrogen-bond acceptors (Lipinski definition) is 2. The van der Waals surface area contributed by atoms with Gasteiger partial charge in [0.2, 0.25) is 11.6 Å². The Labute approximate surface area is 302 Å². The van der Waals surface area contributed by atoms with Crippen LogP contribution in [0.3, 0.4) is 0 Å². The molecule has 0 saturated carbocycles. The molecule has 7 heteroatoms. The Morgan fingerprint density at radius 2 is 0.868 bits per heavy atom. The highest BCUT2D eigenvalue weighted by molar-refractivity contribution is 6.09. The van der Waals surface area contributed by atoms with Gasteiger partial charge in [0.15, 0.2) is 5.65 Å². The zero-order valence-corrected chi connectivity index (χ0v) is 28.4. The van der Waals surface area contributed by atoms with Gasteiger partial charge in [-0.15, -0.1) is 0 Å². The first-order chi connectivity index (χ1) is 26.3. The predicted octanol–water partition coefficient (Wildman–Crippen LogP) is 10.8. The minimum atomic E-state index is 0.880. The molecule has 12 aromatic rings. The Morgan fingerprint density at radius 3 is 1.57 bits per heavy atom. The molecule has 0 fully saturated rings. The van der Waals surface area contributed by atoms with Crippen molar-refractivity contribution in [1.82, 2.24) is 32.5 Å². The van der Waals surface area contributed by atoms with Crippen LogP contribution in [0.15, 0.2) is 176 Å². The van der Waals surface area contributed by atoms with Crippen LogP contribution < -0.4 is 0 Å². The molecule has 0 atom stereocenters. The fourth-order valence-corrected chi connectivity index (χ4v) is 8.40. The maximum atomic E-state index is 5.43. The Kier molecular flexibility index (Phi) is 5.65. The second kappa shape index (κ2) is 10.6. The highest BCUT2D eigenvalue weighted by atomic mass is 15.3. The molecular weight excluding hydrogens is 651 g/mol. The Hall–Kier alpha value is -7.38. The summed E-state index contributed by atoms with van der Waals surface area (Å²) < 4.78 is 11.5. The average Bonchev–Trinajstić information content (AvgIpc) is 4.00. The third-order valence-corrected chi connectivity index (χ3v) is 10.7. The van der Waals surface area contributed by atoms with Crippen molar-refractivity contribution in [3.63, 3.8) is 0 Å². The standard InChI is InChI=1S/C46H29N7/c1-4-14-32(15-5-1)49-37-22-12-10-20-35(37)43-44(49)53-40-27-25-30(28-41(40)51(46(53)48-43)34-18-8-3-9-19-34)31-24-26-39-42(29-31)52-38-23-13-11-21-36(38)47-45(52)50(39)33-16-6-2-7-17-33/h1-29H. The largest absolute Gasteiger partial charge is 0.294 e. The third-order valence-electron chi connectivity index (χ3n) is 10.7. The molecule has 0 unspecified atom stereocenters. The van der Waals surface area contributed by atoms with E-state index >= 15 is 0 Å². The number of benzene rings is 7. The SMILES string of the molecule is c1ccc(-n2c3ccc(-c4ccc5c(c4)n(-c4ccccc4)c4nc6c7ccccc7n(-c7ccccc7)c6n54)cc3n3c4ccccc4nc23)cc1. The van der Waals surface area contributed by atoms with Crippen molar-refractivity contribution in [1.29, 1.82) is 0 Å². The summed E-state index contributed by atoms with van der Waals surface area (Å²) in [5.41, 5.74) is 15.1. The van der Waals surface area contributed by atoms with Crippen LogP contribution in [-0.2, 0) is 0 Å². The van der Waals surface area contributed by atoms with Gasteiger partial charge in [-0.2, -0.15) is 0 Å². The summed E-state index contributed by atoms with van der Waals surface area (Å²) in [6, 6.07) is 62.2. The van der Waals surface area contributed by atoms with E-state index in [4.69, 9.17) is 9.97 Å². The first-order valence-corrected chi connectivity index (χ1v) is 17.9. The molecule has 0 amide bonds. The number of para-hydroxylation sites is 6. The van der Waals surface area contributed by atoms with Crippen molar-refractivity contribution < 1.29 is 0 Å². The van der Waals surface area contributed by atoms with Crippen molar-refractivity contribution in [2.45, 2.75) is 0 Å². The molecule has 0 N–H and O–H groups in total. The van der Waals surface area contributed by atoms with Gasteiger partial charge >= 0.3 is 0 Å². The molecule has 0 aliphatic rings. The van der Waals surface area contributed by atoms with Gasteiger partial charge in [-0.1, -0.05) is 97.1 Å². The highest BCUT2D eigenvalue weighted by Crippen LogP contribution is 2.38. The molecule has 5 aromatic heterocycles. The molecule has 0 saturated heterocycles. The van der Waals surface area contributed by atoms with E-state index in [9.17, 15) is 0 Å². The number of hydrogen-bond donors (Lipinski definition) is 0. The molecule has 0 aliphatic carbocycles. The van der Waals surface area contributed by atoms with Crippen LogP contribution in [0.1, 0.15) is 0 Å². The molecular formula is C46H29N7. The van der Waals surface area contributed by atoms with Crippen molar-refractivity contribution in [3.05, 3.63) is 176 Å². The summed E-state index contributed by atoms with van der Waals surface area (Å²) >= 11 is 0. The number of imidazole rings is 4. The number of aromatic nitrogens is 7. The Balaban J connectivity index is 1.15. The van der Waals surface area contributed by atoms with Gasteiger partial charge in [0.25, 0.3) is 0 Å². The number of nitrogens with zero attached hydrogens (tertiary/aromatic N) is 7. The van der Waals surface area contributed by atoms with Crippen LogP contribution in [0.5, 0.6) is 0 Å². The van der Waals surface area contributed by atoms with Gasteiger partial charge in [0.1, 0.15) is 5.52 Å². The van der Waals surface area contributed by atoms with Gasteiger partial charge in [-0.25, -0.2) is 9.97 Å². The molecule has 248 valence electrons. The predicted molar refractivity (Wildman–Crippen MR) is 215 cm³/mol. The minimum absolute atomic E-state index is 0.880. The fraction of sp³-hybridized carbons (Fsp3) is 0. The topological polar surface area (TPSA) is 49.4 Å². The lowest BCUT2D eigenvalue weighted by Gasteiger charge is -2.08. The normalized spacial score (nSPS) is 12.2. The number of fused-ring (bicyclic) bond motifs is 12. The zero-order valence-electron chi connectivity index (χ0n) is 28.4.